The molecule has 0 aliphatic rings. The molecule has 0 aromatic heterocycles. The van der Waals surface area contributed by atoms with Crippen molar-refractivity contribution in [3.05, 3.63) is 99.0 Å². The van der Waals surface area contributed by atoms with Crippen LogP contribution in [0.4, 0.5) is 5.69 Å². The molecule has 0 aliphatic heterocycles. The Labute approximate surface area is 193 Å². The van der Waals surface area contributed by atoms with Crippen molar-refractivity contribution in [2.24, 2.45) is 0 Å². The molecule has 1 N–H and O–H groups in total. The van der Waals surface area contributed by atoms with Gasteiger partial charge in [-0.2, -0.15) is 0 Å². The van der Waals surface area contributed by atoms with E-state index in [-0.39, 0.29) is 23.5 Å². The van der Waals surface area contributed by atoms with Gasteiger partial charge in [-0.15, -0.1) is 0 Å². The molecule has 0 radical (unpaired) electrons. The summed E-state index contributed by atoms with van der Waals surface area (Å²) in [6.07, 6.45) is 0.772. The molecule has 1 amide bonds. The van der Waals surface area contributed by atoms with Crippen LogP contribution in [0.2, 0.25) is 10.0 Å². The maximum atomic E-state index is 12.9. The fourth-order valence-corrected chi connectivity index (χ4v) is 3.73. The molecule has 5 heteroatoms. The molecule has 3 rings (SSSR count). The standard InChI is InChI=1S/C26H25Cl2NO2/c1-26(2,3)20-11-7-18(8-12-20)25(31)19-5-4-6-22(15-19)29-24(30)14-10-17-9-13-21(27)16-23(17)28/h4-9,11-13,15-16H,10,14H2,1-3H3,(H,29,30). The zero-order chi connectivity index (χ0) is 22.6. The van der Waals surface area contributed by atoms with E-state index < -0.39 is 0 Å². The van der Waals surface area contributed by atoms with Crippen molar-refractivity contribution < 1.29 is 9.59 Å². The Bertz CT molecular complexity index is 1100. The molecule has 0 saturated carbocycles. The Kier molecular flexibility index (Phi) is 7.19. The number of ketones is 1. The van der Waals surface area contributed by atoms with Crippen molar-refractivity contribution in [1.29, 1.82) is 0 Å². The lowest BCUT2D eigenvalue weighted by Gasteiger charge is -2.19. The normalized spacial score (nSPS) is 11.3. The second kappa shape index (κ2) is 9.67. The maximum Gasteiger partial charge on any atom is 0.224 e. The lowest BCUT2D eigenvalue weighted by molar-refractivity contribution is -0.116. The summed E-state index contributed by atoms with van der Waals surface area (Å²) in [5.74, 6) is -0.227. The van der Waals surface area contributed by atoms with Crippen molar-refractivity contribution in [2.75, 3.05) is 5.32 Å². The SMILES string of the molecule is CC(C)(C)c1ccc(C(=O)c2cccc(NC(=O)CCc3ccc(Cl)cc3Cl)c2)cc1. The van der Waals surface area contributed by atoms with Crippen LogP contribution in [0.25, 0.3) is 0 Å². The van der Waals surface area contributed by atoms with Gasteiger partial charge in [0.05, 0.1) is 0 Å². The number of aryl methyl sites for hydroxylation is 1. The van der Waals surface area contributed by atoms with Crippen LogP contribution in [-0.2, 0) is 16.6 Å². The van der Waals surface area contributed by atoms with Gasteiger partial charge in [0.2, 0.25) is 5.91 Å². The molecule has 0 unspecified atom stereocenters. The summed E-state index contributed by atoms with van der Waals surface area (Å²) in [5, 5.41) is 3.97. The largest absolute Gasteiger partial charge is 0.326 e. The highest BCUT2D eigenvalue weighted by molar-refractivity contribution is 6.35. The van der Waals surface area contributed by atoms with Crippen molar-refractivity contribution in [2.45, 2.75) is 39.0 Å². The average Bonchev–Trinajstić information content (AvgIpc) is 2.72. The highest BCUT2D eigenvalue weighted by Crippen LogP contribution is 2.24. The highest BCUT2D eigenvalue weighted by atomic mass is 35.5. The zero-order valence-corrected chi connectivity index (χ0v) is 19.3. The van der Waals surface area contributed by atoms with Crippen LogP contribution in [0, 0.1) is 0 Å². The molecule has 0 spiro atoms. The van der Waals surface area contributed by atoms with E-state index >= 15 is 0 Å². The molecule has 0 heterocycles. The number of halogens is 2. The Balaban J connectivity index is 1.65. The minimum absolute atomic E-state index is 0.0298. The molecule has 3 aromatic carbocycles. The topological polar surface area (TPSA) is 46.2 Å². The van der Waals surface area contributed by atoms with E-state index in [0.717, 1.165) is 5.56 Å². The first-order valence-electron chi connectivity index (χ1n) is 10.1. The number of hydrogen-bond acceptors (Lipinski definition) is 2. The fraction of sp³-hybridized carbons (Fsp3) is 0.231. The number of benzene rings is 3. The third kappa shape index (κ3) is 6.19. The Morgan fingerprint density at radius 2 is 1.58 bits per heavy atom. The molecular weight excluding hydrogens is 429 g/mol. The van der Waals surface area contributed by atoms with Crippen molar-refractivity contribution in [1.82, 2.24) is 0 Å². The van der Waals surface area contributed by atoms with Gasteiger partial charge < -0.3 is 5.32 Å². The zero-order valence-electron chi connectivity index (χ0n) is 17.8. The monoisotopic (exact) mass is 453 g/mol. The highest BCUT2D eigenvalue weighted by Gasteiger charge is 2.15. The molecule has 0 saturated heterocycles. The lowest BCUT2D eigenvalue weighted by atomic mass is 9.86. The van der Waals surface area contributed by atoms with E-state index in [1.54, 1.807) is 36.4 Å². The number of carbonyl (C=O) groups excluding carboxylic acids is 2. The molecule has 0 atom stereocenters. The second-order valence-electron chi connectivity index (χ2n) is 8.52. The summed E-state index contributed by atoms with van der Waals surface area (Å²) < 4.78 is 0. The molecule has 0 bridgehead atoms. The minimum Gasteiger partial charge on any atom is -0.326 e. The Morgan fingerprint density at radius 3 is 2.23 bits per heavy atom. The summed E-state index contributed by atoms with van der Waals surface area (Å²) in [5.41, 5.74) is 3.80. The van der Waals surface area contributed by atoms with Gasteiger partial charge in [-0.25, -0.2) is 0 Å². The Morgan fingerprint density at radius 1 is 0.871 bits per heavy atom. The van der Waals surface area contributed by atoms with Gasteiger partial charge in [0, 0.05) is 33.3 Å². The molecule has 0 aliphatic carbocycles. The van der Waals surface area contributed by atoms with Crippen molar-refractivity contribution in [3.63, 3.8) is 0 Å². The van der Waals surface area contributed by atoms with Gasteiger partial charge >= 0.3 is 0 Å². The number of nitrogens with one attached hydrogen (secondary N) is 1. The molecule has 0 fully saturated rings. The van der Waals surface area contributed by atoms with E-state index in [0.29, 0.717) is 33.3 Å². The van der Waals surface area contributed by atoms with Crippen LogP contribution < -0.4 is 5.32 Å². The number of amides is 1. The number of hydrogen-bond donors (Lipinski definition) is 1. The summed E-state index contributed by atoms with van der Waals surface area (Å²) in [6.45, 7) is 6.41. The predicted molar refractivity (Wildman–Crippen MR) is 128 cm³/mol. The van der Waals surface area contributed by atoms with Crippen LogP contribution in [0.15, 0.2) is 66.7 Å². The van der Waals surface area contributed by atoms with Gasteiger partial charge in [0.15, 0.2) is 5.78 Å². The van der Waals surface area contributed by atoms with E-state index in [4.69, 9.17) is 23.2 Å². The quantitative estimate of drug-likeness (QED) is 0.404. The maximum absolute atomic E-state index is 12.9. The number of rotatable bonds is 6. The molecule has 31 heavy (non-hydrogen) atoms. The fourth-order valence-electron chi connectivity index (χ4n) is 3.22. The van der Waals surface area contributed by atoms with Crippen LogP contribution >= 0.6 is 23.2 Å². The Hall–Kier alpha value is -2.62. The van der Waals surface area contributed by atoms with Crippen LogP contribution in [0.5, 0.6) is 0 Å². The van der Waals surface area contributed by atoms with E-state index in [1.165, 1.54) is 5.56 Å². The summed E-state index contributed by atoms with van der Waals surface area (Å²) >= 11 is 12.1. The third-order valence-corrected chi connectivity index (χ3v) is 5.65. The first-order chi connectivity index (χ1) is 14.6. The molecule has 3 nitrogen and oxygen atoms in total. The van der Waals surface area contributed by atoms with Gasteiger partial charge in [0.1, 0.15) is 0 Å². The lowest BCUT2D eigenvalue weighted by Crippen LogP contribution is -2.13. The number of anilines is 1. The van der Waals surface area contributed by atoms with Gasteiger partial charge in [-0.05, 0) is 47.2 Å². The second-order valence-corrected chi connectivity index (χ2v) is 9.36. The van der Waals surface area contributed by atoms with E-state index in [1.807, 2.05) is 30.3 Å². The van der Waals surface area contributed by atoms with Crippen LogP contribution in [-0.4, -0.2) is 11.7 Å². The summed E-state index contributed by atoms with van der Waals surface area (Å²) in [6, 6.07) is 19.9. The third-order valence-electron chi connectivity index (χ3n) is 5.06. The van der Waals surface area contributed by atoms with Crippen LogP contribution in [0.1, 0.15) is 54.2 Å². The minimum atomic E-state index is -0.148. The average molecular weight is 454 g/mol. The van der Waals surface area contributed by atoms with Gasteiger partial charge in [0.25, 0.3) is 0 Å². The van der Waals surface area contributed by atoms with E-state index in [2.05, 4.69) is 26.1 Å². The smallest absolute Gasteiger partial charge is 0.224 e. The van der Waals surface area contributed by atoms with E-state index in [9.17, 15) is 9.59 Å². The number of carbonyl (C=O) groups is 2. The molecular formula is C26H25Cl2NO2. The predicted octanol–water partition coefficient (Wildman–Crippen LogP) is 7.09. The van der Waals surface area contributed by atoms with Crippen molar-refractivity contribution in [3.8, 4) is 0 Å². The molecule has 160 valence electrons. The first kappa shape index (κ1) is 23.1. The first-order valence-corrected chi connectivity index (χ1v) is 10.9. The van der Waals surface area contributed by atoms with Crippen molar-refractivity contribution >= 4 is 40.6 Å². The van der Waals surface area contributed by atoms with Crippen LogP contribution in [0.3, 0.4) is 0 Å². The summed E-state index contributed by atoms with van der Waals surface area (Å²) in [7, 11) is 0. The van der Waals surface area contributed by atoms with Gasteiger partial charge in [-0.3, -0.25) is 9.59 Å². The summed E-state index contributed by atoms with van der Waals surface area (Å²) in [4.78, 5) is 25.3. The molecule has 3 aromatic rings. The van der Waals surface area contributed by atoms with Gasteiger partial charge in [-0.1, -0.05) is 86.4 Å².